The fraction of sp³-hybridized carbons (Fsp3) is 0.625. The van der Waals surface area contributed by atoms with Gasteiger partial charge in [0.25, 0.3) is 5.91 Å². The van der Waals surface area contributed by atoms with E-state index in [1.165, 1.54) is 0 Å². The van der Waals surface area contributed by atoms with Gasteiger partial charge in [0.05, 0.1) is 12.2 Å². The van der Waals surface area contributed by atoms with Gasteiger partial charge < -0.3 is 19.5 Å². The van der Waals surface area contributed by atoms with E-state index in [1.54, 1.807) is 23.2 Å². The van der Waals surface area contributed by atoms with Gasteiger partial charge in [-0.15, -0.1) is 0 Å². The zero-order valence-corrected chi connectivity index (χ0v) is 12.8. The molecule has 2 atom stereocenters. The maximum absolute atomic E-state index is 12.7. The minimum atomic E-state index is -0.639. The molecule has 22 heavy (non-hydrogen) atoms. The fourth-order valence-electron chi connectivity index (χ4n) is 3.30. The number of nitrogens with zero attached hydrogens (tertiary/aromatic N) is 2. The van der Waals surface area contributed by atoms with Crippen molar-refractivity contribution < 1.29 is 19.4 Å². The maximum atomic E-state index is 12.7. The van der Waals surface area contributed by atoms with Crippen molar-refractivity contribution in [2.75, 3.05) is 26.3 Å². The molecule has 1 aromatic rings. The molecule has 1 N–H and O–H groups in total. The van der Waals surface area contributed by atoms with Crippen LogP contribution in [0.4, 0.5) is 0 Å². The van der Waals surface area contributed by atoms with Crippen LogP contribution in [-0.4, -0.2) is 58.9 Å². The van der Waals surface area contributed by atoms with Crippen LogP contribution in [0.5, 0.6) is 5.88 Å². The van der Waals surface area contributed by atoms with E-state index < -0.39 is 11.7 Å². The van der Waals surface area contributed by atoms with Crippen molar-refractivity contribution in [3.8, 4) is 5.88 Å². The average Bonchev–Trinajstić information content (AvgIpc) is 3.00. The summed E-state index contributed by atoms with van der Waals surface area (Å²) < 4.78 is 11.2. The monoisotopic (exact) mass is 306 g/mol. The SMILES string of the molecule is CCOc1ncccc1C(=O)N1CC[C@@]2(CCCO2)[C@@H](O)C1. The van der Waals surface area contributed by atoms with Crippen molar-refractivity contribution >= 4 is 5.91 Å². The van der Waals surface area contributed by atoms with E-state index in [4.69, 9.17) is 9.47 Å². The fourth-order valence-corrected chi connectivity index (χ4v) is 3.30. The summed E-state index contributed by atoms with van der Waals surface area (Å²) in [6.45, 7) is 3.88. The number of aliphatic hydroxyl groups is 1. The molecule has 3 rings (SSSR count). The van der Waals surface area contributed by atoms with E-state index in [2.05, 4.69) is 4.98 Å². The molecular weight excluding hydrogens is 284 g/mol. The predicted molar refractivity (Wildman–Crippen MR) is 79.9 cm³/mol. The van der Waals surface area contributed by atoms with Crippen LogP contribution in [0, 0.1) is 0 Å². The lowest BCUT2D eigenvalue weighted by Gasteiger charge is -2.42. The number of aliphatic hydroxyl groups excluding tert-OH is 1. The number of pyridine rings is 1. The Bertz CT molecular complexity index is 543. The van der Waals surface area contributed by atoms with Crippen LogP contribution in [0.2, 0.25) is 0 Å². The second kappa shape index (κ2) is 6.22. The van der Waals surface area contributed by atoms with Crippen molar-refractivity contribution in [2.24, 2.45) is 0 Å². The van der Waals surface area contributed by atoms with Gasteiger partial charge >= 0.3 is 0 Å². The van der Waals surface area contributed by atoms with Gasteiger partial charge in [-0.1, -0.05) is 0 Å². The van der Waals surface area contributed by atoms with Crippen molar-refractivity contribution in [1.29, 1.82) is 0 Å². The van der Waals surface area contributed by atoms with E-state index >= 15 is 0 Å². The van der Waals surface area contributed by atoms with Crippen molar-refractivity contribution in [1.82, 2.24) is 9.88 Å². The average molecular weight is 306 g/mol. The Hall–Kier alpha value is -1.66. The Kier molecular flexibility index (Phi) is 4.31. The summed E-state index contributed by atoms with van der Waals surface area (Å²) in [4.78, 5) is 18.5. The van der Waals surface area contributed by atoms with Crippen molar-refractivity contribution in [3.63, 3.8) is 0 Å². The first-order valence-electron chi connectivity index (χ1n) is 7.85. The van der Waals surface area contributed by atoms with Gasteiger partial charge in [-0.2, -0.15) is 0 Å². The molecule has 0 unspecified atom stereocenters. The summed E-state index contributed by atoms with van der Waals surface area (Å²) in [5.74, 6) is 0.199. The number of piperidine rings is 1. The highest BCUT2D eigenvalue weighted by Crippen LogP contribution is 2.36. The van der Waals surface area contributed by atoms with E-state index in [1.807, 2.05) is 6.92 Å². The molecule has 2 fully saturated rings. The van der Waals surface area contributed by atoms with Crippen LogP contribution in [0.25, 0.3) is 0 Å². The van der Waals surface area contributed by atoms with Gasteiger partial charge in [-0.3, -0.25) is 4.79 Å². The molecule has 0 aliphatic carbocycles. The molecule has 0 radical (unpaired) electrons. The Balaban J connectivity index is 1.74. The van der Waals surface area contributed by atoms with Gasteiger partial charge in [-0.05, 0) is 38.3 Å². The lowest BCUT2D eigenvalue weighted by molar-refractivity contribution is -0.123. The zero-order chi connectivity index (χ0) is 15.6. The number of amides is 1. The van der Waals surface area contributed by atoms with Gasteiger partial charge in [0.2, 0.25) is 5.88 Å². The third-order valence-corrected chi connectivity index (χ3v) is 4.51. The zero-order valence-electron chi connectivity index (χ0n) is 12.8. The second-order valence-electron chi connectivity index (χ2n) is 5.82. The van der Waals surface area contributed by atoms with Crippen LogP contribution in [0.1, 0.15) is 36.5 Å². The van der Waals surface area contributed by atoms with Gasteiger partial charge in [0, 0.05) is 25.9 Å². The first-order chi connectivity index (χ1) is 10.7. The number of β-amino-alcohol motifs (C(OH)–C–C–N with tert-alkyl or cyclic N) is 1. The number of hydrogen-bond acceptors (Lipinski definition) is 5. The Labute approximate surface area is 130 Å². The maximum Gasteiger partial charge on any atom is 0.259 e. The minimum Gasteiger partial charge on any atom is -0.477 e. The van der Waals surface area contributed by atoms with E-state index in [-0.39, 0.29) is 5.91 Å². The van der Waals surface area contributed by atoms with Crippen LogP contribution >= 0.6 is 0 Å². The minimum absolute atomic E-state index is 0.150. The third-order valence-electron chi connectivity index (χ3n) is 4.51. The summed E-state index contributed by atoms with van der Waals surface area (Å²) in [5.41, 5.74) is -0.00564. The second-order valence-corrected chi connectivity index (χ2v) is 5.82. The Morgan fingerprint density at radius 1 is 1.59 bits per heavy atom. The molecule has 1 amide bonds. The summed E-state index contributed by atoms with van der Waals surface area (Å²) >= 11 is 0. The first kappa shape index (κ1) is 15.2. The largest absolute Gasteiger partial charge is 0.477 e. The van der Waals surface area contributed by atoms with E-state index in [0.29, 0.717) is 44.2 Å². The van der Waals surface area contributed by atoms with Gasteiger partial charge in [0.15, 0.2) is 0 Å². The lowest BCUT2D eigenvalue weighted by Crippen LogP contribution is -2.56. The molecule has 120 valence electrons. The number of aromatic nitrogens is 1. The van der Waals surface area contributed by atoms with Gasteiger partial charge in [-0.25, -0.2) is 4.98 Å². The lowest BCUT2D eigenvalue weighted by atomic mass is 9.86. The predicted octanol–water partition coefficient (Wildman–Crippen LogP) is 1.24. The van der Waals surface area contributed by atoms with E-state index in [9.17, 15) is 9.90 Å². The number of ether oxygens (including phenoxy) is 2. The molecule has 1 aromatic heterocycles. The summed E-state index contributed by atoms with van der Waals surface area (Å²) in [5, 5.41) is 10.4. The number of hydrogen-bond donors (Lipinski definition) is 1. The molecule has 6 heteroatoms. The normalized spacial score (nSPS) is 28.1. The number of rotatable bonds is 3. The quantitative estimate of drug-likeness (QED) is 0.909. The molecular formula is C16H22N2O4. The third kappa shape index (κ3) is 2.68. The van der Waals surface area contributed by atoms with Crippen molar-refractivity contribution in [2.45, 2.75) is 37.9 Å². The molecule has 2 saturated heterocycles. The Morgan fingerprint density at radius 3 is 3.14 bits per heavy atom. The highest BCUT2D eigenvalue weighted by atomic mass is 16.5. The molecule has 1 spiro atoms. The molecule has 2 aliphatic rings. The first-order valence-corrected chi connectivity index (χ1v) is 7.85. The molecule has 0 saturated carbocycles. The van der Waals surface area contributed by atoms with Crippen LogP contribution in [-0.2, 0) is 4.74 Å². The molecule has 3 heterocycles. The topological polar surface area (TPSA) is 71.9 Å². The highest BCUT2D eigenvalue weighted by molar-refractivity contribution is 5.96. The molecule has 0 aromatic carbocycles. The standard InChI is InChI=1S/C16H22N2O4/c1-2-21-14-12(5-3-8-17-14)15(20)18-9-7-16(13(19)11-18)6-4-10-22-16/h3,5,8,13,19H,2,4,6-7,9-11H2,1H3/t13-,16-/m0/s1. The van der Waals surface area contributed by atoms with Crippen LogP contribution in [0.15, 0.2) is 18.3 Å². The molecule has 2 aliphatic heterocycles. The van der Waals surface area contributed by atoms with Crippen LogP contribution < -0.4 is 4.74 Å². The number of carbonyl (C=O) groups excluding carboxylic acids is 1. The smallest absolute Gasteiger partial charge is 0.259 e. The number of carbonyl (C=O) groups is 1. The summed E-state index contributed by atoms with van der Waals surface area (Å²) in [6, 6.07) is 3.43. The van der Waals surface area contributed by atoms with Gasteiger partial charge in [0.1, 0.15) is 11.7 Å². The summed E-state index contributed by atoms with van der Waals surface area (Å²) in [6.07, 6.45) is 3.48. The Morgan fingerprint density at radius 2 is 2.45 bits per heavy atom. The van der Waals surface area contributed by atoms with E-state index in [0.717, 1.165) is 12.8 Å². The van der Waals surface area contributed by atoms with Crippen molar-refractivity contribution in [3.05, 3.63) is 23.9 Å². The molecule has 6 nitrogen and oxygen atoms in total. The van der Waals surface area contributed by atoms with Crippen LogP contribution in [0.3, 0.4) is 0 Å². The highest BCUT2D eigenvalue weighted by Gasteiger charge is 2.46. The molecule has 0 bridgehead atoms. The number of likely N-dealkylation sites (tertiary alicyclic amines) is 1. The summed E-state index contributed by atoms with van der Waals surface area (Å²) in [7, 11) is 0.